The molecule has 5 nitrogen and oxygen atoms in total. The highest BCUT2D eigenvalue weighted by Gasteiger charge is 2.34. The third-order valence-corrected chi connectivity index (χ3v) is 3.35. The Bertz CT molecular complexity index is 367. The molecular formula is C12H19N3O2. The first-order valence-corrected chi connectivity index (χ1v) is 5.96. The molecule has 0 bridgehead atoms. The van der Waals surface area contributed by atoms with Gasteiger partial charge in [-0.1, -0.05) is 13.8 Å². The standard InChI is InChI=1S/C12H19N3O2/c1-8(2)10-5-15(6-11(10)17)12-13-3-9(7-16)4-14-12/h3-4,8,10-11,16-17H,5-7H2,1-2H3/t10-,11-/m0/s1. The summed E-state index contributed by atoms with van der Waals surface area (Å²) in [5, 5.41) is 18.9. The fraction of sp³-hybridized carbons (Fsp3) is 0.667. The van der Waals surface area contributed by atoms with Crippen LogP contribution in [0.25, 0.3) is 0 Å². The summed E-state index contributed by atoms with van der Waals surface area (Å²) in [5.74, 6) is 1.35. The molecule has 1 aliphatic heterocycles. The second kappa shape index (κ2) is 4.98. The number of aromatic nitrogens is 2. The Balaban J connectivity index is 2.08. The summed E-state index contributed by atoms with van der Waals surface area (Å²) in [7, 11) is 0. The van der Waals surface area contributed by atoms with Gasteiger partial charge in [-0.15, -0.1) is 0 Å². The van der Waals surface area contributed by atoms with E-state index < -0.39 is 0 Å². The molecule has 2 rings (SSSR count). The number of hydrogen-bond acceptors (Lipinski definition) is 5. The Hall–Kier alpha value is -1.20. The Morgan fingerprint density at radius 3 is 2.47 bits per heavy atom. The third-order valence-electron chi connectivity index (χ3n) is 3.35. The lowest BCUT2D eigenvalue weighted by Crippen LogP contribution is -2.23. The van der Waals surface area contributed by atoms with Crippen LogP contribution in [0.4, 0.5) is 5.95 Å². The molecule has 2 N–H and O–H groups in total. The van der Waals surface area contributed by atoms with Crippen molar-refractivity contribution in [3.05, 3.63) is 18.0 Å². The van der Waals surface area contributed by atoms with Crippen molar-refractivity contribution in [2.24, 2.45) is 11.8 Å². The molecule has 0 saturated carbocycles. The highest BCUT2D eigenvalue weighted by Crippen LogP contribution is 2.26. The van der Waals surface area contributed by atoms with Gasteiger partial charge in [0.1, 0.15) is 0 Å². The van der Waals surface area contributed by atoms with Gasteiger partial charge < -0.3 is 15.1 Å². The highest BCUT2D eigenvalue weighted by molar-refractivity contribution is 5.32. The molecule has 1 aliphatic rings. The SMILES string of the molecule is CC(C)[C@@H]1CN(c2ncc(CO)cn2)C[C@@H]1O. The first-order chi connectivity index (χ1) is 8.11. The maximum atomic E-state index is 9.95. The van der Waals surface area contributed by atoms with Gasteiger partial charge in [-0.2, -0.15) is 0 Å². The molecule has 2 heterocycles. The van der Waals surface area contributed by atoms with E-state index in [1.807, 2.05) is 4.90 Å². The van der Waals surface area contributed by atoms with E-state index in [4.69, 9.17) is 5.11 Å². The number of rotatable bonds is 3. The fourth-order valence-electron chi connectivity index (χ4n) is 2.22. The quantitative estimate of drug-likeness (QED) is 0.797. The average molecular weight is 237 g/mol. The molecule has 0 aliphatic carbocycles. The van der Waals surface area contributed by atoms with E-state index in [2.05, 4.69) is 23.8 Å². The van der Waals surface area contributed by atoms with Gasteiger partial charge in [0.05, 0.1) is 12.7 Å². The smallest absolute Gasteiger partial charge is 0.225 e. The summed E-state index contributed by atoms with van der Waals surface area (Å²) in [4.78, 5) is 10.4. The Labute approximate surface area is 101 Å². The van der Waals surface area contributed by atoms with Gasteiger partial charge in [-0.25, -0.2) is 9.97 Å². The van der Waals surface area contributed by atoms with E-state index in [9.17, 15) is 5.11 Å². The van der Waals surface area contributed by atoms with Gasteiger partial charge >= 0.3 is 0 Å². The van der Waals surface area contributed by atoms with E-state index in [0.29, 0.717) is 24.0 Å². The Morgan fingerprint density at radius 2 is 2.00 bits per heavy atom. The van der Waals surface area contributed by atoms with Crippen molar-refractivity contribution in [2.75, 3.05) is 18.0 Å². The van der Waals surface area contributed by atoms with Crippen LogP contribution in [-0.2, 0) is 6.61 Å². The molecule has 0 spiro atoms. The molecular weight excluding hydrogens is 218 g/mol. The van der Waals surface area contributed by atoms with E-state index in [-0.39, 0.29) is 18.6 Å². The Kier molecular flexibility index (Phi) is 3.59. The van der Waals surface area contributed by atoms with Crippen molar-refractivity contribution in [3.8, 4) is 0 Å². The molecule has 2 atom stereocenters. The molecule has 17 heavy (non-hydrogen) atoms. The number of nitrogens with zero attached hydrogens (tertiary/aromatic N) is 3. The second-order valence-corrected chi connectivity index (χ2v) is 4.93. The third kappa shape index (κ3) is 2.56. The largest absolute Gasteiger partial charge is 0.392 e. The number of aliphatic hydroxyl groups excluding tert-OH is 2. The summed E-state index contributed by atoms with van der Waals surface area (Å²) < 4.78 is 0. The average Bonchev–Trinajstić information content (AvgIpc) is 2.71. The molecule has 0 amide bonds. The summed E-state index contributed by atoms with van der Waals surface area (Å²) in [6.07, 6.45) is 2.94. The van der Waals surface area contributed by atoms with Crippen LogP contribution in [0.3, 0.4) is 0 Å². The summed E-state index contributed by atoms with van der Waals surface area (Å²) in [6, 6.07) is 0. The first kappa shape index (κ1) is 12.3. The van der Waals surface area contributed by atoms with Gasteiger partial charge in [0.2, 0.25) is 5.95 Å². The lowest BCUT2D eigenvalue weighted by Gasteiger charge is -2.17. The number of aliphatic hydroxyl groups is 2. The number of anilines is 1. The van der Waals surface area contributed by atoms with E-state index in [1.165, 1.54) is 0 Å². The van der Waals surface area contributed by atoms with Crippen molar-refractivity contribution in [1.29, 1.82) is 0 Å². The summed E-state index contributed by atoms with van der Waals surface area (Å²) in [5.41, 5.74) is 0.703. The molecule has 0 radical (unpaired) electrons. The molecule has 0 aromatic carbocycles. The Morgan fingerprint density at radius 1 is 1.35 bits per heavy atom. The minimum absolute atomic E-state index is 0.0441. The highest BCUT2D eigenvalue weighted by atomic mass is 16.3. The molecule has 1 saturated heterocycles. The van der Waals surface area contributed by atoms with Crippen molar-refractivity contribution in [3.63, 3.8) is 0 Å². The zero-order valence-corrected chi connectivity index (χ0v) is 10.2. The number of β-amino-alcohol motifs (C(OH)–C–C–N with tert-alkyl or cyclic N) is 1. The van der Waals surface area contributed by atoms with Crippen LogP contribution in [0.5, 0.6) is 0 Å². The van der Waals surface area contributed by atoms with Crippen LogP contribution in [0.2, 0.25) is 0 Å². The second-order valence-electron chi connectivity index (χ2n) is 4.93. The van der Waals surface area contributed by atoms with Gasteiger partial charge in [0.15, 0.2) is 0 Å². The summed E-state index contributed by atoms with van der Waals surface area (Å²) in [6.45, 7) is 5.57. The molecule has 94 valence electrons. The van der Waals surface area contributed by atoms with Gasteiger partial charge in [0, 0.05) is 37.0 Å². The summed E-state index contributed by atoms with van der Waals surface area (Å²) >= 11 is 0. The van der Waals surface area contributed by atoms with E-state index >= 15 is 0 Å². The van der Waals surface area contributed by atoms with Crippen LogP contribution in [0.15, 0.2) is 12.4 Å². The maximum absolute atomic E-state index is 9.95. The minimum atomic E-state index is -0.309. The molecule has 1 aromatic rings. The zero-order valence-electron chi connectivity index (χ0n) is 10.2. The molecule has 1 fully saturated rings. The molecule has 1 aromatic heterocycles. The van der Waals surface area contributed by atoms with Crippen molar-refractivity contribution in [2.45, 2.75) is 26.6 Å². The van der Waals surface area contributed by atoms with Gasteiger partial charge in [0.25, 0.3) is 0 Å². The van der Waals surface area contributed by atoms with Crippen LogP contribution < -0.4 is 4.90 Å². The van der Waals surface area contributed by atoms with Crippen molar-refractivity contribution < 1.29 is 10.2 Å². The van der Waals surface area contributed by atoms with E-state index in [1.54, 1.807) is 12.4 Å². The monoisotopic (exact) mass is 237 g/mol. The number of hydrogen-bond donors (Lipinski definition) is 2. The lowest BCUT2D eigenvalue weighted by molar-refractivity contribution is 0.123. The molecule has 0 unspecified atom stereocenters. The molecule has 5 heteroatoms. The predicted molar refractivity (Wildman–Crippen MR) is 64.5 cm³/mol. The van der Waals surface area contributed by atoms with Crippen LogP contribution in [0.1, 0.15) is 19.4 Å². The van der Waals surface area contributed by atoms with Crippen molar-refractivity contribution in [1.82, 2.24) is 9.97 Å². The topological polar surface area (TPSA) is 69.5 Å². The van der Waals surface area contributed by atoms with Gasteiger partial charge in [-0.05, 0) is 5.92 Å². The van der Waals surface area contributed by atoms with Crippen LogP contribution in [-0.4, -0.2) is 39.4 Å². The van der Waals surface area contributed by atoms with Crippen LogP contribution in [0, 0.1) is 11.8 Å². The fourth-order valence-corrected chi connectivity index (χ4v) is 2.22. The van der Waals surface area contributed by atoms with Crippen LogP contribution >= 0.6 is 0 Å². The predicted octanol–water partition coefficient (Wildman–Crippen LogP) is 0.422. The van der Waals surface area contributed by atoms with Gasteiger partial charge in [-0.3, -0.25) is 0 Å². The van der Waals surface area contributed by atoms with E-state index in [0.717, 1.165) is 6.54 Å². The minimum Gasteiger partial charge on any atom is -0.392 e. The zero-order chi connectivity index (χ0) is 12.4. The lowest BCUT2D eigenvalue weighted by atomic mass is 9.93. The normalized spacial score (nSPS) is 24.6. The van der Waals surface area contributed by atoms with Crippen molar-refractivity contribution >= 4 is 5.95 Å². The first-order valence-electron chi connectivity index (χ1n) is 5.96. The maximum Gasteiger partial charge on any atom is 0.225 e.